The van der Waals surface area contributed by atoms with Gasteiger partial charge in [0.05, 0.1) is 0 Å². The van der Waals surface area contributed by atoms with Gasteiger partial charge in [0.25, 0.3) is 0 Å². The van der Waals surface area contributed by atoms with Crippen LogP contribution in [0.2, 0.25) is 0 Å². The number of carbonyl (C=O) groups is 1. The Balaban J connectivity index is 1.63. The van der Waals surface area contributed by atoms with Crippen LogP contribution in [0.25, 0.3) is 0 Å². The quantitative estimate of drug-likeness (QED) is 0.850. The number of nitrogens with zero attached hydrogens (tertiary/aromatic N) is 3. The van der Waals surface area contributed by atoms with E-state index in [1.807, 2.05) is 4.90 Å². The molecule has 3 atom stereocenters. The van der Waals surface area contributed by atoms with Crippen molar-refractivity contribution < 1.29 is 4.79 Å². The van der Waals surface area contributed by atoms with Crippen molar-refractivity contribution in [1.29, 1.82) is 0 Å². The van der Waals surface area contributed by atoms with Gasteiger partial charge in [0, 0.05) is 58.3 Å². The van der Waals surface area contributed by atoms with Crippen LogP contribution >= 0.6 is 0 Å². The SMILES string of the molecule is CC[C@H](c1ccccc1)N1C[C@@H](N2CCN(C(C)=O)CC2)[C@@H](C)C1. The molecule has 0 aliphatic carbocycles. The fourth-order valence-electron chi connectivity index (χ4n) is 4.46. The second-order valence-corrected chi connectivity index (χ2v) is 7.38. The van der Waals surface area contributed by atoms with E-state index in [0.29, 0.717) is 18.0 Å². The summed E-state index contributed by atoms with van der Waals surface area (Å²) in [5.74, 6) is 0.900. The van der Waals surface area contributed by atoms with E-state index < -0.39 is 0 Å². The lowest BCUT2D eigenvalue weighted by Gasteiger charge is -2.39. The highest BCUT2D eigenvalue weighted by molar-refractivity contribution is 5.73. The van der Waals surface area contributed by atoms with Crippen LogP contribution in [-0.4, -0.2) is 65.9 Å². The monoisotopic (exact) mass is 329 g/mol. The molecule has 4 nitrogen and oxygen atoms in total. The summed E-state index contributed by atoms with van der Waals surface area (Å²) in [6.45, 7) is 12.5. The Morgan fingerprint density at radius 1 is 1.12 bits per heavy atom. The van der Waals surface area contributed by atoms with Gasteiger partial charge in [-0.3, -0.25) is 14.6 Å². The fraction of sp³-hybridized carbons (Fsp3) is 0.650. The Labute approximate surface area is 146 Å². The molecule has 3 rings (SSSR count). The summed E-state index contributed by atoms with van der Waals surface area (Å²) in [5.41, 5.74) is 1.44. The number of piperazine rings is 1. The summed E-state index contributed by atoms with van der Waals surface area (Å²) >= 11 is 0. The normalized spacial score (nSPS) is 27.4. The third-order valence-corrected chi connectivity index (χ3v) is 5.84. The molecule has 2 aliphatic heterocycles. The third kappa shape index (κ3) is 3.65. The van der Waals surface area contributed by atoms with Gasteiger partial charge < -0.3 is 4.90 Å². The summed E-state index contributed by atoms with van der Waals surface area (Å²) in [6, 6.07) is 12.1. The van der Waals surface area contributed by atoms with Crippen molar-refractivity contribution >= 4 is 5.91 Å². The average molecular weight is 329 g/mol. The molecule has 2 fully saturated rings. The topological polar surface area (TPSA) is 26.8 Å². The van der Waals surface area contributed by atoms with Gasteiger partial charge in [-0.15, -0.1) is 0 Å². The van der Waals surface area contributed by atoms with E-state index in [1.54, 1.807) is 6.92 Å². The lowest BCUT2D eigenvalue weighted by atomic mass is 10.0. The van der Waals surface area contributed by atoms with Crippen molar-refractivity contribution in [3.8, 4) is 0 Å². The molecule has 0 radical (unpaired) electrons. The molecule has 24 heavy (non-hydrogen) atoms. The first-order valence-corrected chi connectivity index (χ1v) is 9.38. The van der Waals surface area contributed by atoms with Crippen LogP contribution in [0.1, 0.15) is 38.8 Å². The number of hydrogen-bond donors (Lipinski definition) is 0. The van der Waals surface area contributed by atoms with Crippen LogP contribution in [0.15, 0.2) is 30.3 Å². The van der Waals surface area contributed by atoms with Crippen LogP contribution in [0.5, 0.6) is 0 Å². The zero-order valence-electron chi connectivity index (χ0n) is 15.3. The largest absolute Gasteiger partial charge is 0.340 e. The molecule has 0 saturated carbocycles. The number of carbonyl (C=O) groups excluding carboxylic acids is 1. The molecule has 2 saturated heterocycles. The Bertz CT molecular complexity index is 539. The van der Waals surface area contributed by atoms with Crippen LogP contribution in [0, 0.1) is 5.92 Å². The molecule has 2 aliphatic rings. The maximum absolute atomic E-state index is 11.5. The van der Waals surface area contributed by atoms with E-state index in [4.69, 9.17) is 0 Å². The standard InChI is InChI=1S/C20H31N3O/c1-4-19(18-8-6-5-7-9-18)23-14-16(2)20(15-23)22-12-10-21(11-13-22)17(3)24/h5-9,16,19-20H,4,10-15H2,1-3H3/t16-,19+,20+/m0/s1. The van der Waals surface area contributed by atoms with E-state index in [2.05, 4.69) is 54.0 Å². The number of rotatable bonds is 4. The van der Waals surface area contributed by atoms with Gasteiger partial charge in [0.1, 0.15) is 0 Å². The maximum atomic E-state index is 11.5. The number of likely N-dealkylation sites (tertiary alicyclic amines) is 1. The zero-order chi connectivity index (χ0) is 17.1. The van der Waals surface area contributed by atoms with E-state index in [-0.39, 0.29) is 5.91 Å². The summed E-state index contributed by atoms with van der Waals surface area (Å²) in [7, 11) is 0. The van der Waals surface area contributed by atoms with Crippen LogP contribution in [0.3, 0.4) is 0 Å². The van der Waals surface area contributed by atoms with Crippen molar-refractivity contribution in [1.82, 2.24) is 14.7 Å². The highest BCUT2D eigenvalue weighted by Gasteiger charge is 2.37. The average Bonchev–Trinajstić information content (AvgIpc) is 2.98. The van der Waals surface area contributed by atoms with Gasteiger partial charge in [0.15, 0.2) is 0 Å². The predicted octanol–water partition coefficient (Wildman–Crippen LogP) is 2.62. The molecule has 1 aromatic rings. The molecule has 4 heteroatoms. The minimum atomic E-state index is 0.214. The third-order valence-electron chi connectivity index (χ3n) is 5.84. The van der Waals surface area contributed by atoms with Crippen molar-refractivity contribution in [2.24, 2.45) is 5.92 Å². The maximum Gasteiger partial charge on any atom is 0.219 e. The number of hydrogen-bond acceptors (Lipinski definition) is 3. The van der Waals surface area contributed by atoms with E-state index in [0.717, 1.165) is 39.1 Å². The highest BCUT2D eigenvalue weighted by atomic mass is 16.2. The summed E-state index contributed by atoms with van der Waals surface area (Å²) < 4.78 is 0. The van der Waals surface area contributed by atoms with Crippen molar-refractivity contribution in [3.63, 3.8) is 0 Å². The van der Waals surface area contributed by atoms with Gasteiger partial charge in [0.2, 0.25) is 5.91 Å². The number of benzene rings is 1. The van der Waals surface area contributed by atoms with E-state index >= 15 is 0 Å². The van der Waals surface area contributed by atoms with Crippen LogP contribution in [-0.2, 0) is 4.79 Å². The zero-order valence-corrected chi connectivity index (χ0v) is 15.3. The highest BCUT2D eigenvalue weighted by Crippen LogP contribution is 2.32. The Hall–Kier alpha value is -1.39. The minimum Gasteiger partial charge on any atom is -0.340 e. The predicted molar refractivity (Wildman–Crippen MR) is 97.8 cm³/mol. The molecule has 0 bridgehead atoms. The molecular weight excluding hydrogens is 298 g/mol. The lowest BCUT2D eigenvalue weighted by molar-refractivity contribution is -0.130. The number of amides is 1. The van der Waals surface area contributed by atoms with E-state index in [1.165, 1.54) is 12.1 Å². The van der Waals surface area contributed by atoms with Crippen LogP contribution in [0.4, 0.5) is 0 Å². The second-order valence-electron chi connectivity index (χ2n) is 7.38. The first-order valence-electron chi connectivity index (χ1n) is 9.38. The molecular formula is C20H31N3O. The molecule has 0 N–H and O–H groups in total. The Kier molecular flexibility index (Phi) is 5.57. The summed E-state index contributed by atoms with van der Waals surface area (Å²) in [4.78, 5) is 18.8. The lowest BCUT2D eigenvalue weighted by Crippen LogP contribution is -2.53. The molecule has 0 spiro atoms. The molecule has 1 amide bonds. The Morgan fingerprint density at radius 2 is 1.79 bits per heavy atom. The van der Waals surface area contributed by atoms with Crippen LogP contribution < -0.4 is 0 Å². The van der Waals surface area contributed by atoms with Crippen molar-refractivity contribution in [3.05, 3.63) is 35.9 Å². The van der Waals surface area contributed by atoms with Gasteiger partial charge in [-0.2, -0.15) is 0 Å². The van der Waals surface area contributed by atoms with Gasteiger partial charge in [-0.25, -0.2) is 0 Å². The summed E-state index contributed by atoms with van der Waals surface area (Å²) in [5, 5.41) is 0. The smallest absolute Gasteiger partial charge is 0.219 e. The van der Waals surface area contributed by atoms with Gasteiger partial charge in [-0.1, -0.05) is 44.2 Å². The first kappa shape index (κ1) is 17.4. The van der Waals surface area contributed by atoms with Gasteiger partial charge >= 0.3 is 0 Å². The molecule has 0 unspecified atom stereocenters. The van der Waals surface area contributed by atoms with Crippen molar-refractivity contribution in [2.45, 2.75) is 39.3 Å². The Morgan fingerprint density at radius 3 is 2.38 bits per heavy atom. The first-order chi connectivity index (χ1) is 11.6. The fourth-order valence-corrected chi connectivity index (χ4v) is 4.46. The molecule has 132 valence electrons. The van der Waals surface area contributed by atoms with E-state index in [9.17, 15) is 4.79 Å². The summed E-state index contributed by atoms with van der Waals surface area (Å²) in [6.07, 6.45) is 1.15. The minimum absolute atomic E-state index is 0.214. The second kappa shape index (κ2) is 7.66. The van der Waals surface area contributed by atoms with Crippen molar-refractivity contribution in [2.75, 3.05) is 39.3 Å². The van der Waals surface area contributed by atoms with Gasteiger partial charge in [-0.05, 0) is 17.9 Å². The molecule has 2 heterocycles. The molecule has 1 aromatic carbocycles. The molecule has 0 aromatic heterocycles.